The van der Waals surface area contributed by atoms with Crippen molar-refractivity contribution >= 4 is 16.7 Å². The first-order valence-corrected chi connectivity index (χ1v) is 10.5. The van der Waals surface area contributed by atoms with Crippen molar-refractivity contribution in [3.8, 4) is 28.3 Å². The summed E-state index contributed by atoms with van der Waals surface area (Å²) in [5, 5.41) is 4.29. The standard InChI is InChI=1S/C25H26FN5O/c1-31(2)12-6-11-28-25-21-14-19(17-7-4-9-20(26)13-17)15-22(32-3)23(21)29-24(30-25)18-8-5-10-27-16-18/h4-5,7-10,13-16H,6,11-12H2,1-3H3,(H,28,29,30). The first-order chi connectivity index (χ1) is 15.5. The number of benzene rings is 2. The number of anilines is 1. The molecule has 2 heterocycles. The van der Waals surface area contributed by atoms with Crippen LogP contribution < -0.4 is 10.1 Å². The van der Waals surface area contributed by atoms with E-state index in [-0.39, 0.29) is 5.82 Å². The zero-order valence-electron chi connectivity index (χ0n) is 18.5. The molecule has 0 atom stereocenters. The number of ether oxygens (including phenoxy) is 1. The lowest BCUT2D eigenvalue weighted by Crippen LogP contribution is -2.17. The number of halogens is 1. The molecule has 0 amide bonds. The highest BCUT2D eigenvalue weighted by atomic mass is 19.1. The third kappa shape index (κ3) is 4.84. The van der Waals surface area contributed by atoms with Crippen LogP contribution in [0.3, 0.4) is 0 Å². The van der Waals surface area contributed by atoms with E-state index in [0.717, 1.165) is 41.6 Å². The second-order valence-electron chi connectivity index (χ2n) is 7.81. The van der Waals surface area contributed by atoms with Crippen molar-refractivity contribution in [1.82, 2.24) is 19.9 Å². The minimum absolute atomic E-state index is 0.285. The maximum absolute atomic E-state index is 13.9. The van der Waals surface area contributed by atoms with Gasteiger partial charge < -0.3 is 15.0 Å². The molecule has 0 saturated heterocycles. The highest BCUT2D eigenvalue weighted by Crippen LogP contribution is 2.36. The number of methoxy groups -OCH3 is 1. The highest BCUT2D eigenvalue weighted by molar-refractivity contribution is 5.97. The van der Waals surface area contributed by atoms with E-state index >= 15 is 0 Å². The molecule has 0 unspecified atom stereocenters. The second kappa shape index (κ2) is 9.70. The molecule has 0 radical (unpaired) electrons. The molecule has 6 nitrogen and oxygen atoms in total. The van der Waals surface area contributed by atoms with Crippen LogP contribution in [0, 0.1) is 5.82 Å². The number of pyridine rings is 1. The van der Waals surface area contributed by atoms with Crippen molar-refractivity contribution in [3.63, 3.8) is 0 Å². The monoisotopic (exact) mass is 431 g/mol. The second-order valence-corrected chi connectivity index (χ2v) is 7.81. The summed E-state index contributed by atoms with van der Waals surface area (Å²) in [6, 6.07) is 14.2. The molecule has 164 valence electrons. The zero-order valence-corrected chi connectivity index (χ0v) is 18.5. The highest BCUT2D eigenvalue weighted by Gasteiger charge is 2.16. The number of nitrogens with one attached hydrogen (secondary N) is 1. The minimum atomic E-state index is -0.285. The van der Waals surface area contributed by atoms with Gasteiger partial charge in [-0.15, -0.1) is 0 Å². The molecule has 0 spiro atoms. The molecule has 0 aliphatic heterocycles. The number of fused-ring (bicyclic) bond motifs is 1. The Balaban J connectivity index is 1.85. The third-order valence-corrected chi connectivity index (χ3v) is 5.14. The largest absolute Gasteiger partial charge is 0.494 e. The Morgan fingerprint density at radius 3 is 2.56 bits per heavy atom. The Kier molecular flexibility index (Phi) is 6.56. The summed E-state index contributed by atoms with van der Waals surface area (Å²) in [6.45, 7) is 1.71. The maximum atomic E-state index is 13.9. The van der Waals surface area contributed by atoms with E-state index in [1.165, 1.54) is 12.1 Å². The molecule has 2 aromatic carbocycles. The molecular weight excluding hydrogens is 405 g/mol. The van der Waals surface area contributed by atoms with Gasteiger partial charge in [0.1, 0.15) is 22.9 Å². The Morgan fingerprint density at radius 1 is 1.00 bits per heavy atom. The minimum Gasteiger partial charge on any atom is -0.494 e. The van der Waals surface area contributed by atoms with E-state index in [0.29, 0.717) is 22.9 Å². The summed E-state index contributed by atoms with van der Waals surface area (Å²) >= 11 is 0. The van der Waals surface area contributed by atoms with Crippen LogP contribution in [0.4, 0.5) is 10.2 Å². The van der Waals surface area contributed by atoms with Gasteiger partial charge in [0.05, 0.1) is 7.11 Å². The Hall–Kier alpha value is -3.58. The van der Waals surface area contributed by atoms with Gasteiger partial charge in [0, 0.05) is 29.9 Å². The van der Waals surface area contributed by atoms with Crippen molar-refractivity contribution in [2.24, 2.45) is 0 Å². The molecule has 4 rings (SSSR count). The normalized spacial score (nSPS) is 11.2. The molecule has 0 saturated carbocycles. The third-order valence-electron chi connectivity index (χ3n) is 5.14. The summed E-state index contributed by atoms with van der Waals surface area (Å²) < 4.78 is 19.6. The van der Waals surface area contributed by atoms with Crippen LogP contribution in [-0.2, 0) is 0 Å². The zero-order chi connectivity index (χ0) is 22.5. The summed E-state index contributed by atoms with van der Waals surface area (Å²) in [5.41, 5.74) is 3.11. The fraction of sp³-hybridized carbons (Fsp3) is 0.240. The average Bonchev–Trinajstić information content (AvgIpc) is 2.81. The van der Waals surface area contributed by atoms with Crippen LogP contribution in [0.25, 0.3) is 33.4 Å². The molecule has 1 N–H and O–H groups in total. The topological polar surface area (TPSA) is 63.2 Å². The van der Waals surface area contributed by atoms with E-state index in [9.17, 15) is 4.39 Å². The summed E-state index contributed by atoms with van der Waals surface area (Å²) in [5.74, 6) is 1.60. The number of rotatable bonds is 8. The molecule has 4 aromatic rings. The number of hydrogen-bond acceptors (Lipinski definition) is 6. The summed E-state index contributed by atoms with van der Waals surface area (Å²) in [7, 11) is 5.72. The molecule has 32 heavy (non-hydrogen) atoms. The molecule has 7 heteroatoms. The first kappa shape index (κ1) is 21.6. The summed E-state index contributed by atoms with van der Waals surface area (Å²) in [4.78, 5) is 15.9. The van der Waals surface area contributed by atoms with Crippen LogP contribution in [0.15, 0.2) is 60.9 Å². The van der Waals surface area contributed by atoms with Crippen molar-refractivity contribution < 1.29 is 9.13 Å². The first-order valence-electron chi connectivity index (χ1n) is 10.5. The lowest BCUT2D eigenvalue weighted by atomic mass is 10.0. The maximum Gasteiger partial charge on any atom is 0.163 e. The lowest BCUT2D eigenvalue weighted by Gasteiger charge is -2.15. The molecule has 0 fully saturated rings. The van der Waals surface area contributed by atoms with Crippen LogP contribution in [0.2, 0.25) is 0 Å². The average molecular weight is 432 g/mol. The molecular formula is C25H26FN5O. The predicted octanol–water partition coefficient (Wildman–Crippen LogP) is 4.87. The van der Waals surface area contributed by atoms with Gasteiger partial charge in [-0.3, -0.25) is 4.98 Å². The number of hydrogen-bond donors (Lipinski definition) is 1. The Labute approximate surface area is 187 Å². The fourth-order valence-corrected chi connectivity index (χ4v) is 3.55. The van der Waals surface area contributed by atoms with Gasteiger partial charge in [0.2, 0.25) is 0 Å². The van der Waals surface area contributed by atoms with E-state index < -0.39 is 0 Å². The van der Waals surface area contributed by atoms with Gasteiger partial charge in [-0.05, 0) is 74.6 Å². The van der Waals surface area contributed by atoms with E-state index in [4.69, 9.17) is 14.7 Å². The van der Waals surface area contributed by atoms with Gasteiger partial charge in [-0.2, -0.15) is 0 Å². The molecule has 0 bridgehead atoms. The van der Waals surface area contributed by atoms with Crippen LogP contribution in [-0.4, -0.2) is 54.1 Å². The molecule has 0 aliphatic rings. The van der Waals surface area contributed by atoms with Gasteiger partial charge in [-0.25, -0.2) is 14.4 Å². The van der Waals surface area contributed by atoms with E-state index in [2.05, 4.69) is 29.3 Å². The Bertz CT molecular complexity index is 1210. The van der Waals surface area contributed by atoms with E-state index in [1.807, 2.05) is 30.3 Å². The van der Waals surface area contributed by atoms with Crippen molar-refractivity contribution in [3.05, 3.63) is 66.7 Å². The predicted molar refractivity (Wildman–Crippen MR) is 126 cm³/mol. The fourth-order valence-electron chi connectivity index (χ4n) is 3.55. The van der Waals surface area contributed by atoms with E-state index in [1.54, 1.807) is 25.6 Å². The van der Waals surface area contributed by atoms with Crippen molar-refractivity contribution in [1.29, 1.82) is 0 Å². The SMILES string of the molecule is COc1cc(-c2cccc(F)c2)cc2c(NCCCN(C)C)nc(-c3cccnc3)nc12. The lowest BCUT2D eigenvalue weighted by molar-refractivity contribution is 0.405. The van der Waals surface area contributed by atoms with Gasteiger partial charge in [0.15, 0.2) is 5.82 Å². The Morgan fingerprint density at radius 2 is 1.84 bits per heavy atom. The quantitative estimate of drug-likeness (QED) is 0.402. The molecule has 0 aliphatic carbocycles. The van der Waals surface area contributed by atoms with Gasteiger partial charge in [0.25, 0.3) is 0 Å². The van der Waals surface area contributed by atoms with Gasteiger partial charge in [-0.1, -0.05) is 12.1 Å². The van der Waals surface area contributed by atoms with Crippen molar-refractivity contribution in [2.75, 3.05) is 39.6 Å². The summed E-state index contributed by atoms with van der Waals surface area (Å²) in [6.07, 6.45) is 4.42. The van der Waals surface area contributed by atoms with Crippen LogP contribution in [0.5, 0.6) is 5.75 Å². The van der Waals surface area contributed by atoms with Crippen LogP contribution in [0.1, 0.15) is 6.42 Å². The van der Waals surface area contributed by atoms with Crippen LogP contribution >= 0.6 is 0 Å². The number of nitrogens with zero attached hydrogens (tertiary/aromatic N) is 4. The smallest absolute Gasteiger partial charge is 0.163 e. The van der Waals surface area contributed by atoms with Crippen molar-refractivity contribution in [2.45, 2.75) is 6.42 Å². The van der Waals surface area contributed by atoms with Gasteiger partial charge >= 0.3 is 0 Å². The number of aromatic nitrogens is 3. The molecule has 2 aromatic heterocycles.